The van der Waals surface area contributed by atoms with Crippen LogP contribution in [0.4, 0.5) is 0 Å². The summed E-state index contributed by atoms with van der Waals surface area (Å²) in [4.78, 5) is 16.6. The summed E-state index contributed by atoms with van der Waals surface area (Å²) >= 11 is 1.64. The normalized spacial score (nSPS) is 15.8. The van der Waals surface area contributed by atoms with E-state index in [1.807, 2.05) is 13.1 Å². The molecule has 1 aliphatic carbocycles. The van der Waals surface area contributed by atoms with Crippen molar-refractivity contribution in [2.45, 2.75) is 26.3 Å². The Morgan fingerprint density at radius 2 is 2.54 bits per heavy atom. The molecular weight excluding hydrogens is 184 g/mol. The molecule has 13 heavy (non-hydrogen) atoms. The van der Waals surface area contributed by atoms with Gasteiger partial charge in [0.05, 0.1) is 6.54 Å². The summed E-state index contributed by atoms with van der Waals surface area (Å²) in [7, 11) is 0. The largest absolute Gasteiger partial charge is 0.349 e. The van der Waals surface area contributed by atoms with Crippen molar-refractivity contribution in [2.24, 2.45) is 5.92 Å². The molecule has 1 aromatic heterocycles. The number of aryl methyl sites for hydroxylation is 1. The number of carbonyl (C=O) groups excluding carboxylic acids is 1. The third-order valence-electron chi connectivity index (χ3n) is 2.03. The SMILES string of the molecule is Cc1cnc(CNC(=O)C2CC2)s1. The predicted molar refractivity (Wildman–Crippen MR) is 51.4 cm³/mol. The highest BCUT2D eigenvalue weighted by Crippen LogP contribution is 2.28. The standard InChI is InChI=1S/C9H12N2OS/c1-6-4-10-8(13-6)5-11-9(12)7-2-3-7/h4,7H,2-3,5H2,1H3,(H,11,12). The number of rotatable bonds is 3. The molecule has 0 bridgehead atoms. The molecule has 0 aliphatic heterocycles. The molecule has 1 heterocycles. The van der Waals surface area contributed by atoms with E-state index in [0.717, 1.165) is 17.8 Å². The lowest BCUT2D eigenvalue weighted by Gasteiger charge is -1.99. The van der Waals surface area contributed by atoms with Crippen LogP contribution in [0.25, 0.3) is 0 Å². The van der Waals surface area contributed by atoms with E-state index in [4.69, 9.17) is 0 Å². The third-order valence-corrected chi connectivity index (χ3v) is 2.94. The van der Waals surface area contributed by atoms with E-state index >= 15 is 0 Å². The minimum absolute atomic E-state index is 0.188. The maximum Gasteiger partial charge on any atom is 0.223 e. The van der Waals surface area contributed by atoms with E-state index in [0.29, 0.717) is 12.5 Å². The van der Waals surface area contributed by atoms with Crippen molar-refractivity contribution in [3.8, 4) is 0 Å². The molecular formula is C9H12N2OS. The molecule has 1 aliphatic rings. The van der Waals surface area contributed by atoms with Crippen LogP contribution in [0.5, 0.6) is 0 Å². The molecule has 2 rings (SSSR count). The van der Waals surface area contributed by atoms with E-state index in [9.17, 15) is 4.79 Å². The van der Waals surface area contributed by atoms with E-state index in [1.54, 1.807) is 11.3 Å². The van der Waals surface area contributed by atoms with Crippen molar-refractivity contribution in [3.05, 3.63) is 16.1 Å². The van der Waals surface area contributed by atoms with E-state index in [-0.39, 0.29) is 5.91 Å². The van der Waals surface area contributed by atoms with Crippen LogP contribution in [0, 0.1) is 12.8 Å². The number of thiazole rings is 1. The molecule has 70 valence electrons. The first kappa shape index (κ1) is 8.69. The summed E-state index contributed by atoms with van der Waals surface area (Å²) in [5.74, 6) is 0.480. The van der Waals surface area contributed by atoms with Crippen LogP contribution in [0.15, 0.2) is 6.20 Å². The molecule has 0 saturated heterocycles. The van der Waals surface area contributed by atoms with Crippen LogP contribution in [0.3, 0.4) is 0 Å². The van der Waals surface area contributed by atoms with Gasteiger partial charge in [-0.3, -0.25) is 4.79 Å². The number of nitrogens with one attached hydrogen (secondary N) is 1. The summed E-state index contributed by atoms with van der Waals surface area (Å²) in [5.41, 5.74) is 0. The molecule has 4 heteroatoms. The van der Waals surface area contributed by atoms with Crippen LogP contribution < -0.4 is 5.32 Å². The molecule has 0 aromatic carbocycles. The summed E-state index contributed by atoms with van der Waals surface area (Å²) < 4.78 is 0. The summed E-state index contributed by atoms with van der Waals surface area (Å²) in [5, 5.41) is 3.88. The minimum Gasteiger partial charge on any atom is -0.349 e. The molecule has 1 saturated carbocycles. The second-order valence-electron chi connectivity index (χ2n) is 3.36. The Morgan fingerprint density at radius 1 is 1.77 bits per heavy atom. The number of hydrogen-bond acceptors (Lipinski definition) is 3. The molecule has 0 unspecified atom stereocenters. The lowest BCUT2D eigenvalue weighted by Crippen LogP contribution is -2.23. The highest BCUT2D eigenvalue weighted by Gasteiger charge is 2.29. The fourth-order valence-corrected chi connectivity index (χ4v) is 1.86. The maximum absolute atomic E-state index is 11.3. The van der Waals surface area contributed by atoms with Gasteiger partial charge in [0.1, 0.15) is 5.01 Å². The quantitative estimate of drug-likeness (QED) is 0.795. The van der Waals surface area contributed by atoms with Gasteiger partial charge in [-0.2, -0.15) is 0 Å². The lowest BCUT2D eigenvalue weighted by molar-refractivity contribution is -0.122. The molecule has 1 amide bonds. The van der Waals surface area contributed by atoms with Gasteiger partial charge in [0, 0.05) is 17.0 Å². The van der Waals surface area contributed by atoms with Gasteiger partial charge in [-0.25, -0.2) is 4.98 Å². The third kappa shape index (κ3) is 2.28. The summed E-state index contributed by atoms with van der Waals surface area (Å²) in [6, 6.07) is 0. The van der Waals surface area contributed by atoms with E-state index in [1.165, 1.54) is 4.88 Å². The zero-order valence-electron chi connectivity index (χ0n) is 7.54. The van der Waals surface area contributed by atoms with Crippen molar-refractivity contribution in [1.29, 1.82) is 0 Å². The predicted octanol–water partition coefficient (Wildman–Crippen LogP) is 1.48. The lowest BCUT2D eigenvalue weighted by atomic mass is 10.4. The van der Waals surface area contributed by atoms with Crippen molar-refractivity contribution in [1.82, 2.24) is 10.3 Å². The number of nitrogens with zero attached hydrogens (tertiary/aromatic N) is 1. The van der Waals surface area contributed by atoms with Crippen LogP contribution in [0.1, 0.15) is 22.7 Å². The zero-order chi connectivity index (χ0) is 9.26. The molecule has 1 N–H and O–H groups in total. The van der Waals surface area contributed by atoms with Crippen LogP contribution in [-0.2, 0) is 11.3 Å². The maximum atomic E-state index is 11.3. The Hall–Kier alpha value is -0.900. The van der Waals surface area contributed by atoms with Gasteiger partial charge < -0.3 is 5.32 Å². The molecule has 0 atom stereocenters. The van der Waals surface area contributed by atoms with Crippen LogP contribution in [-0.4, -0.2) is 10.9 Å². The summed E-state index contributed by atoms with van der Waals surface area (Å²) in [6.45, 7) is 2.61. The highest BCUT2D eigenvalue weighted by molar-refractivity contribution is 7.11. The average molecular weight is 196 g/mol. The Morgan fingerprint density at radius 3 is 3.08 bits per heavy atom. The fraction of sp³-hybridized carbons (Fsp3) is 0.556. The number of aromatic nitrogens is 1. The Labute approximate surface area is 81.2 Å². The highest BCUT2D eigenvalue weighted by atomic mass is 32.1. The van der Waals surface area contributed by atoms with Crippen LogP contribution >= 0.6 is 11.3 Å². The van der Waals surface area contributed by atoms with Gasteiger partial charge in [-0.15, -0.1) is 11.3 Å². The topological polar surface area (TPSA) is 42.0 Å². The zero-order valence-corrected chi connectivity index (χ0v) is 8.36. The number of amides is 1. The first-order chi connectivity index (χ1) is 6.25. The van der Waals surface area contributed by atoms with Crippen molar-refractivity contribution in [2.75, 3.05) is 0 Å². The van der Waals surface area contributed by atoms with E-state index in [2.05, 4.69) is 10.3 Å². The fourth-order valence-electron chi connectivity index (χ4n) is 1.14. The van der Waals surface area contributed by atoms with Crippen molar-refractivity contribution in [3.63, 3.8) is 0 Å². The second-order valence-corrected chi connectivity index (χ2v) is 4.68. The first-order valence-corrected chi connectivity index (χ1v) is 5.26. The first-order valence-electron chi connectivity index (χ1n) is 4.45. The van der Waals surface area contributed by atoms with Crippen LogP contribution in [0.2, 0.25) is 0 Å². The van der Waals surface area contributed by atoms with Gasteiger partial charge in [0.15, 0.2) is 0 Å². The van der Waals surface area contributed by atoms with Gasteiger partial charge >= 0.3 is 0 Å². The Kier molecular flexibility index (Phi) is 2.31. The van der Waals surface area contributed by atoms with Crippen molar-refractivity contribution >= 4 is 17.2 Å². The Bertz CT molecular complexity index is 317. The molecule has 3 nitrogen and oxygen atoms in total. The number of carbonyl (C=O) groups is 1. The molecule has 1 fully saturated rings. The van der Waals surface area contributed by atoms with Gasteiger partial charge in [-0.1, -0.05) is 0 Å². The van der Waals surface area contributed by atoms with Gasteiger partial charge in [0.2, 0.25) is 5.91 Å². The Balaban J connectivity index is 1.81. The minimum atomic E-state index is 0.188. The smallest absolute Gasteiger partial charge is 0.223 e. The number of hydrogen-bond donors (Lipinski definition) is 1. The summed E-state index contributed by atoms with van der Waals surface area (Å²) in [6.07, 6.45) is 3.95. The monoisotopic (exact) mass is 196 g/mol. The second kappa shape index (κ2) is 3.46. The molecule has 0 radical (unpaired) electrons. The van der Waals surface area contributed by atoms with Gasteiger partial charge in [-0.05, 0) is 19.8 Å². The molecule has 1 aromatic rings. The average Bonchev–Trinajstić information content (AvgIpc) is 2.87. The van der Waals surface area contributed by atoms with Gasteiger partial charge in [0.25, 0.3) is 0 Å². The van der Waals surface area contributed by atoms with E-state index < -0.39 is 0 Å². The van der Waals surface area contributed by atoms with Crippen molar-refractivity contribution < 1.29 is 4.79 Å². The molecule has 0 spiro atoms.